The second kappa shape index (κ2) is 10.8. The number of rotatable bonds is 9. The fraction of sp³-hybridized carbons (Fsp3) is 0.625. The molecule has 0 aromatic heterocycles. The van der Waals surface area contributed by atoms with Crippen LogP contribution in [0.3, 0.4) is 0 Å². The molecule has 2 N–H and O–H groups in total. The number of nitrogens with zero attached hydrogens (tertiary/aromatic N) is 1. The zero-order chi connectivity index (χ0) is 22.4. The molecule has 1 aliphatic carbocycles. The number of aryl methyl sites for hydroxylation is 1. The molecule has 7 heteroatoms. The molecule has 0 bridgehead atoms. The van der Waals surface area contributed by atoms with Crippen molar-refractivity contribution >= 4 is 17.8 Å². The molecule has 7 nitrogen and oxygen atoms in total. The van der Waals surface area contributed by atoms with E-state index in [0.717, 1.165) is 31.2 Å². The van der Waals surface area contributed by atoms with Gasteiger partial charge in [-0.05, 0) is 56.9 Å². The van der Waals surface area contributed by atoms with Gasteiger partial charge in [-0.25, -0.2) is 4.79 Å². The molecule has 1 aliphatic heterocycles. The number of carbonyl (C=O) groups is 3. The van der Waals surface area contributed by atoms with Gasteiger partial charge in [0.05, 0.1) is 12.6 Å². The van der Waals surface area contributed by atoms with E-state index >= 15 is 0 Å². The van der Waals surface area contributed by atoms with Crippen LogP contribution < -0.4 is 5.32 Å². The van der Waals surface area contributed by atoms with Crippen LogP contribution in [-0.4, -0.2) is 59.1 Å². The van der Waals surface area contributed by atoms with Crippen LogP contribution in [0.25, 0.3) is 0 Å². The van der Waals surface area contributed by atoms with Crippen LogP contribution in [0.4, 0.5) is 0 Å². The summed E-state index contributed by atoms with van der Waals surface area (Å²) in [4.78, 5) is 39.3. The van der Waals surface area contributed by atoms with Crippen LogP contribution in [0.5, 0.6) is 0 Å². The van der Waals surface area contributed by atoms with Crippen LogP contribution in [0.1, 0.15) is 51.5 Å². The highest BCUT2D eigenvalue weighted by Gasteiger charge is 2.49. The lowest BCUT2D eigenvalue weighted by Gasteiger charge is -2.29. The number of ether oxygens (including phenoxy) is 1. The van der Waals surface area contributed by atoms with Crippen molar-refractivity contribution in [3.05, 3.63) is 35.9 Å². The predicted octanol–water partition coefficient (Wildman–Crippen LogP) is 2.63. The molecule has 1 aromatic rings. The molecule has 2 aliphatic rings. The molecule has 5 atom stereocenters. The van der Waals surface area contributed by atoms with Crippen LogP contribution in [0, 0.1) is 11.8 Å². The number of carbonyl (C=O) groups excluding carboxylic acids is 2. The molecule has 1 aromatic carbocycles. The van der Waals surface area contributed by atoms with Crippen molar-refractivity contribution in [1.29, 1.82) is 0 Å². The van der Waals surface area contributed by atoms with E-state index in [-0.39, 0.29) is 30.3 Å². The smallest absolute Gasteiger partial charge is 0.326 e. The number of benzene rings is 1. The summed E-state index contributed by atoms with van der Waals surface area (Å²) in [5.41, 5.74) is 1.10. The fourth-order valence-electron chi connectivity index (χ4n) is 5.11. The quantitative estimate of drug-likeness (QED) is 0.585. The van der Waals surface area contributed by atoms with Crippen molar-refractivity contribution in [3.63, 3.8) is 0 Å². The molecule has 170 valence electrons. The van der Waals surface area contributed by atoms with Gasteiger partial charge in [0, 0.05) is 6.54 Å². The Labute approximate surface area is 184 Å². The average molecular weight is 431 g/mol. The van der Waals surface area contributed by atoms with E-state index < -0.39 is 24.1 Å². The third-order valence-electron chi connectivity index (χ3n) is 6.63. The second-order valence-electron chi connectivity index (χ2n) is 8.70. The van der Waals surface area contributed by atoms with Crippen LogP contribution >= 0.6 is 0 Å². The number of hydrogen-bond donors (Lipinski definition) is 2. The molecule has 1 amide bonds. The molecule has 31 heavy (non-hydrogen) atoms. The molecule has 0 spiro atoms. The van der Waals surface area contributed by atoms with Gasteiger partial charge in [-0.3, -0.25) is 14.9 Å². The Morgan fingerprint density at radius 3 is 2.58 bits per heavy atom. The zero-order valence-corrected chi connectivity index (χ0v) is 18.5. The van der Waals surface area contributed by atoms with Gasteiger partial charge in [0.2, 0.25) is 5.91 Å². The lowest BCUT2D eigenvalue weighted by molar-refractivity contribution is -0.151. The maximum atomic E-state index is 13.2. The summed E-state index contributed by atoms with van der Waals surface area (Å²) < 4.78 is 5.21. The first-order valence-electron chi connectivity index (χ1n) is 11.4. The van der Waals surface area contributed by atoms with Crippen molar-refractivity contribution in [1.82, 2.24) is 10.2 Å². The summed E-state index contributed by atoms with van der Waals surface area (Å²) in [6, 6.07) is 7.77. The van der Waals surface area contributed by atoms with E-state index in [2.05, 4.69) is 5.32 Å². The van der Waals surface area contributed by atoms with Crippen molar-refractivity contribution in [2.45, 2.75) is 70.5 Å². The number of amides is 1. The normalized spacial score (nSPS) is 24.8. The Bertz CT molecular complexity index is 768. The number of likely N-dealkylation sites (tertiary alicyclic amines) is 1. The molecule has 1 saturated carbocycles. The van der Waals surface area contributed by atoms with Crippen molar-refractivity contribution in [3.8, 4) is 0 Å². The van der Waals surface area contributed by atoms with Gasteiger partial charge in [-0.2, -0.15) is 0 Å². The monoisotopic (exact) mass is 430 g/mol. The molecule has 1 heterocycles. The number of fused-ring (bicyclic) bond motifs is 1. The average Bonchev–Trinajstić information content (AvgIpc) is 3.16. The summed E-state index contributed by atoms with van der Waals surface area (Å²) in [5, 5.41) is 12.9. The van der Waals surface area contributed by atoms with Crippen LogP contribution in [-0.2, 0) is 25.5 Å². The van der Waals surface area contributed by atoms with Crippen molar-refractivity contribution < 1.29 is 24.2 Å². The maximum Gasteiger partial charge on any atom is 0.326 e. The second-order valence-corrected chi connectivity index (χ2v) is 8.70. The Balaban J connectivity index is 1.67. The summed E-state index contributed by atoms with van der Waals surface area (Å²) in [6.07, 6.45) is 5.11. The number of nitrogens with one attached hydrogen (secondary N) is 1. The minimum atomic E-state index is -0.930. The lowest BCUT2D eigenvalue weighted by atomic mass is 9.78. The minimum absolute atomic E-state index is 0.0290. The van der Waals surface area contributed by atoms with Crippen LogP contribution in [0.15, 0.2) is 30.3 Å². The van der Waals surface area contributed by atoms with Gasteiger partial charge in [0.15, 0.2) is 0 Å². The maximum absolute atomic E-state index is 13.2. The molecular weight excluding hydrogens is 396 g/mol. The molecule has 3 rings (SSSR count). The minimum Gasteiger partial charge on any atom is -0.480 e. The Kier molecular flexibility index (Phi) is 8.07. The highest BCUT2D eigenvalue weighted by atomic mass is 16.5. The number of esters is 1. The summed E-state index contributed by atoms with van der Waals surface area (Å²) >= 11 is 0. The Morgan fingerprint density at radius 2 is 1.90 bits per heavy atom. The van der Waals surface area contributed by atoms with E-state index in [1.165, 1.54) is 4.90 Å². The third-order valence-corrected chi connectivity index (χ3v) is 6.63. The van der Waals surface area contributed by atoms with Gasteiger partial charge in [0.1, 0.15) is 12.1 Å². The van der Waals surface area contributed by atoms with E-state index in [4.69, 9.17) is 4.74 Å². The topological polar surface area (TPSA) is 95.9 Å². The number of hydrogen-bond acceptors (Lipinski definition) is 5. The largest absolute Gasteiger partial charge is 0.480 e. The number of carboxylic acid groups (broad SMARTS) is 1. The van der Waals surface area contributed by atoms with Gasteiger partial charge in [-0.15, -0.1) is 0 Å². The third kappa shape index (κ3) is 5.64. The summed E-state index contributed by atoms with van der Waals surface area (Å²) in [7, 11) is 0. The van der Waals surface area contributed by atoms with Gasteiger partial charge >= 0.3 is 11.9 Å². The molecule has 2 fully saturated rings. The first kappa shape index (κ1) is 23.3. The van der Waals surface area contributed by atoms with Crippen LogP contribution in [0.2, 0.25) is 0 Å². The molecular formula is C24H34N2O5. The van der Waals surface area contributed by atoms with Gasteiger partial charge in [-0.1, -0.05) is 43.2 Å². The molecule has 2 unspecified atom stereocenters. The summed E-state index contributed by atoms with van der Waals surface area (Å²) in [6.45, 7) is 4.21. The highest BCUT2D eigenvalue weighted by Crippen LogP contribution is 2.40. The predicted molar refractivity (Wildman–Crippen MR) is 116 cm³/mol. The van der Waals surface area contributed by atoms with E-state index in [0.29, 0.717) is 19.4 Å². The van der Waals surface area contributed by atoms with E-state index in [1.807, 2.05) is 30.3 Å². The van der Waals surface area contributed by atoms with Crippen molar-refractivity contribution in [2.75, 3.05) is 13.2 Å². The first-order valence-corrected chi connectivity index (χ1v) is 11.4. The molecule has 1 saturated heterocycles. The standard InChI is InChI=1S/C24H34N2O5/c1-3-31-24(30)20(14-13-17-9-5-4-6-10-17)25-16(2)22(27)26-15-18-11-7-8-12-19(18)21(26)23(28)29/h4-6,9-10,16,18-21,25H,3,7-8,11-15H2,1-2H3,(H,28,29)/t16?,18-,19+,20?,21+/m1/s1. The lowest BCUT2D eigenvalue weighted by Crippen LogP contribution is -2.54. The Hall–Kier alpha value is -2.41. The zero-order valence-electron chi connectivity index (χ0n) is 18.5. The van der Waals surface area contributed by atoms with Crippen molar-refractivity contribution in [2.24, 2.45) is 11.8 Å². The SMILES string of the molecule is CCOC(=O)C(CCc1ccccc1)NC(C)C(=O)N1C[C@H]2CCCC[C@@H]2[C@H]1C(=O)O. The fourth-order valence-corrected chi connectivity index (χ4v) is 5.11. The summed E-state index contributed by atoms with van der Waals surface area (Å²) in [5.74, 6) is -1.29. The van der Waals surface area contributed by atoms with E-state index in [1.54, 1.807) is 13.8 Å². The number of carboxylic acids is 1. The number of aliphatic carboxylic acids is 1. The van der Waals surface area contributed by atoms with Gasteiger partial charge < -0.3 is 14.7 Å². The van der Waals surface area contributed by atoms with Gasteiger partial charge in [0.25, 0.3) is 0 Å². The Morgan fingerprint density at radius 1 is 1.19 bits per heavy atom. The first-order chi connectivity index (χ1) is 14.9. The molecule has 0 radical (unpaired) electrons. The van der Waals surface area contributed by atoms with E-state index in [9.17, 15) is 19.5 Å². The highest BCUT2D eigenvalue weighted by molar-refractivity contribution is 5.88.